The van der Waals surface area contributed by atoms with Crippen molar-refractivity contribution < 1.29 is 14.3 Å². The van der Waals surface area contributed by atoms with Crippen molar-refractivity contribution >= 4 is 11.9 Å². The van der Waals surface area contributed by atoms with Crippen molar-refractivity contribution in [1.82, 2.24) is 0 Å². The van der Waals surface area contributed by atoms with E-state index >= 15 is 0 Å². The van der Waals surface area contributed by atoms with Crippen LogP contribution in [0, 0.1) is 5.92 Å². The molecule has 29 heavy (non-hydrogen) atoms. The van der Waals surface area contributed by atoms with Crippen LogP contribution in [0.5, 0.6) is 0 Å². The summed E-state index contributed by atoms with van der Waals surface area (Å²) in [5.74, 6) is -0.827. The third-order valence-electron chi connectivity index (χ3n) is 6.03. The minimum Gasteiger partial charge on any atom is -0.393 e. The van der Waals surface area contributed by atoms with Gasteiger partial charge in [-0.2, -0.15) is 0 Å². The number of carbonyl (C=O) groups is 2. The zero-order valence-corrected chi connectivity index (χ0v) is 19.1. The number of rotatable bonds is 20. The van der Waals surface area contributed by atoms with Gasteiger partial charge in [0.15, 0.2) is 0 Å². The summed E-state index contributed by atoms with van der Waals surface area (Å²) in [6, 6.07) is 0. The van der Waals surface area contributed by atoms with E-state index in [9.17, 15) is 9.59 Å². The molecule has 0 bridgehead atoms. The average Bonchev–Trinajstić information content (AvgIpc) is 3.03. The maximum atomic E-state index is 11.4. The molecule has 1 aliphatic rings. The summed E-state index contributed by atoms with van der Waals surface area (Å²) >= 11 is 0. The Bertz CT molecular complexity index is 441. The minimum absolute atomic E-state index is 0.169. The Hall–Kier alpha value is -1.12. The second-order valence-corrected chi connectivity index (χ2v) is 8.83. The number of ether oxygens (including phenoxy) is 1. The number of hydrogen-bond acceptors (Lipinski definition) is 3. The largest absolute Gasteiger partial charge is 0.393 e. The van der Waals surface area contributed by atoms with Gasteiger partial charge in [0.25, 0.3) is 0 Å². The first-order valence-corrected chi connectivity index (χ1v) is 12.6. The topological polar surface area (TPSA) is 43.4 Å². The molecule has 1 fully saturated rings. The van der Waals surface area contributed by atoms with Gasteiger partial charge in [0.05, 0.1) is 12.3 Å². The van der Waals surface area contributed by atoms with Crippen molar-refractivity contribution in [3.63, 3.8) is 0 Å². The predicted molar refractivity (Wildman–Crippen MR) is 122 cm³/mol. The third kappa shape index (κ3) is 15.4. The molecule has 1 atom stereocenters. The van der Waals surface area contributed by atoms with Crippen LogP contribution in [0.25, 0.3) is 0 Å². The molecule has 0 spiro atoms. The van der Waals surface area contributed by atoms with Gasteiger partial charge in [-0.15, -0.1) is 0 Å². The van der Waals surface area contributed by atoms with Crippen molar-refractivity contribution in [3.05, 3.63) is 12.2 Å². The van der Waals surface area contributed by atoms with Gasteiger partial charge in [-0.25, -0.2) is 0 Å². The second kappa shape index (κ2) is 18.9. The molecule has 0 aliphatic carbocycles. The molecule has 1 aliphatic heterocycles. The molecule has 1 heterocycles. The summed E-state index contributed by atoms with van der Waals surface area (Å²) in [6.45, 7) is 2.28. The number of carbonyl (C=O) groups excluding carboxylic acids is 2. The minimum atomic E-state index is -0.349. The summed E-state index contributed by atoms with van der Waals surface area (Å²) in [5, 5.41) is 0. The fourth-order valence-electron chi connectivity index (χ4n) is 4.09. The van der Waals surface area contributed by atoms with Gasteiger partial charge in [-0.05, 0) is 32.1 Å². The van der Waals surface area contributed by atoms with Gasteiger partial charge in [0, 0.05) is 0 Å². The summed E-state index contributed by atoms with van der Waals surface area (Å²) in [7, 11) is 0. The molecule has 1 saturated heterocycles. The van der Waals surface area contributed by atoms with Crippen LogP contribution >= 0.6 is 0 Å². The molecule has 1 rings (SSSR count). The molecule has 1 unspecified atom stereocenters. The summed E-state index contributed by atoms with van der Waals surface area (Å²) in [5.41, 5.74) is 0. The van der Waals surface area contributed by atoms with E-state index in [2.05, 4.69) is 23.8 Å². The van der Waals surface area contributed by atoms with Gasteiger partial charge in [-0.3, -0.25) is 9.59 Å². The highest BCUT2D eigenvalue weighted by Gasteiger charge is 2.32. The molecule has 3 nitrogen and oxygen atoms in total. The Morgan fingerprint density at radius 1 is 0.690 bits per heavy atom. The number of unbranched alkanes of at least 4 members (excludes halogenated alkanes) is 16. The first-order valence-electron chi connectivity index (χ1n) is 12.6. The van der Waals surface area contributed by atoms with E-state index in [1.807, 2.05) is 0 Å². The van der Waals surface area contributed by atoms with E-state index in [0.717, 1.165) is 19.3 Å². The number of esters is 2. The lowest BCUT2D eigenvalue weighted by Gasteiger charge is -2.03. The maximum Gasteiger partial charge on any atom is 0.317 e. The van der Waals surface area contributed by atoms with Crippen molar-refractivity contribution in [3.8, 4) is 0 Å². The van der Waals surface area contributed by atoms with Crippen LogP contribution in [0.4, 0.5) is 0 Å². The maximum absolute atomic E-state index is 11.4. The molecule has 0 radical (unpaired) electrons. The van der Waals surface area contributed by atoms with Crippen LogP contribution in [-0.4, -0.2) is 11.9 Å². The van der Waals surface area contributed by atoms with E-state index in [0.29, 0.717) is 6.42 Å². The highest BCUT2D eigenvalue weighted by molar-refractivity contribution is 5.94. The molecular formula is C26H46O3. The van der Waals surface area contributed by atoms with E-state index < -0.39 is 0 Å². The molecule has 0 saturated carbocycles. The fourth-order valence-corrected chi connectivity index (χ4v) is 4.09. The lowest BCUT2D eigenvalue weighted by atomic mass is 9.99. The van der Waals surface area contributed by atoms with Crippen molar-refractivity contribution in [1.29, 1.82) is 0 Å². The van der Waals surface area contributed by atoms with E-state index in [1.165, 1.54) is 103 Å². The van der Waals surface area contributed by atoms with Crippen LogP contribution in [-0.2, 0) is 14.3 Å². The molecule has 168 valence electrons. The van der Waals surface area contributed by atoms with Gasteiger partial charge in [0.2, 0.25) is 0 Å². The molecule has 0 aromatic heterocycles. The lowest BCUT2D eigenvalue weighted by molar-refractivity contribution is -0.153. The van der Waals surface area contributed by atoms with Crippen molar-refractivity contribution in [2.45, 2.75) is 135 Å². The zero-order valence-electron chi connectivity index (χ0n) is 19.1. The second-order valence-electron chi connectivity index (χ2n) is 8.83. The Morgan fingerprint density at radius 2 is 1.14 bits per heavy atom. The Balaban J connectivity index is 1.73. The summed E-state index contributed by atoms with van der Waals surface area (Å²) < 4.78 is 4.58. The monoisotopic (exact) mass is 406 g/mol. The Morgan fingerprint density at radius 3 is 1.59 bits per heavy atom. The van der Waals surface area contributed by atoms with Gasteiger partial charge >= 0.3 is 11.9 Å². The standard InChI is InChI=1S/C26H46O3/c1-2-3-4-5-6-7-8-9-10-11-12-13-14-15-16-17-18-19-20-21-22-24-23-25(27)29-26(24)28/h15-16,24H,2-14,17-23H2,1H3/b16-15+. The number of allylic oxidation sites excluding steroid dienone is 2. The summed E-state index contributed by atoms with van der Waals surface area (Å²) in [6.07, 6.45) is 29.7. The SMILES string of the molecule is CCCCCCCCCCCCCC/C=C/CCCCCCC1CC(=O)OC1=O. The van der Waals surface area contributed by atoms with E-state index in [-0.39, 0.29) is 17.9 Å². The fraction of sp³-hybridized carbons (Fsp3) is 0.846. The normalized spacial score (nSPS) is 16.8. The molecule has 0 aromatic carbocycles. The van der Waals surface area contributed by atoms with Gasteiger partial charge in [0.1, 0.15) is 0 Å². The van der Waals surface area contributed by atoms with Crippen LogP contribution < -0.4 is 0 Å². The molecular weight excluding hydrogens is 360 g/mol. The predicted octanol–water partition coefficient (Wildman–Crippen LogP) is 8.06. The Labute approximate surface area is 180 Å². The number of hydrogen-bond donors (Lipinski definition) is 0. The third-order valence-corrected chi connectivity index (χ3v) is 6.03. The highest BCUT2D eigenvalue weighted by atomic mass is 16.6. The molecule has 0 amide bonds. The molecule has 3 heteroatoms. The highest BCUT2D eigenvalue weighted by Crippen LogP contribution is 2.22. The quantitative estimate of drug-likeness (QED) is 0.0888. The van der Waals surface area contributed by atoms with Crippen LogP contribution in [0.3, 0.4) is 0 Å². The van der Waals surface area contributed by atoms with Crippen LogP contribution in [0.15, 0.2) is 12.2 Å². The van der Waals surface area contributed by atoms with Crippen molar-refractivity contribution in [2.75, 3.05) is 0 Å². The molecule has 0 N–H and O–H groups in total. The lowest BCUT2D eigenvalue weighted by Crippen LogP contribution is -2.06. The number of cyclic esters (lactones) is 2. The first-order chi connectivity index (χ1) is 14.2. The summed E-state index contributed by atoms with van der Waals surface area (Å²) in [4.78, 5) is 22.4. The van der Waals surface area contributed by atoms with Crippen molar-refractivity contribution in [2.24, 2.45) is 5.92 Å². The first kappa shape index (κ1) is 25.9. The van der Waals surface area contributed by atoms with E-state index in [4.69, 9.17) is 0 Å². The van der Waals surface area contributed by atoms with Crippen LogP contribution in [0.2, 0.25) is 0 Å². The Kier molecular flexibility index (Phi) is 16.9. The van der Waals surface area contributed by atoms with Gasteiger partial charge < -0.3 is 4.74 Å². The van der Waals surface area contributed by atoms with E-state index in [1.54, 1.807) is 0 Å². The molecule has 0 aromatic rings. The van der Waals surface area contributed by atoms with Gasteiger partial charge in [-0.1, -0.05) is 109 Å². The smallest absolute Gasteiger partial charge is 0.317 e. The van der Waals surface area contributed by atoms with Crippen LogP contribution in [0.1, 0.15) is 135 Å². The average molecular weight is 407 g/mol. The zero-order chi connectivity index (χ0) is 21.0.